The lowest BCUT2D eigenvalue weighted by Crippen LogP contribution is -1.66. The van der Waals surface area contributed by atoms with Gasteiger partial charge in [0.15, 0.2) is 0 Å². The van der Waals surface area contributed by atoms with Crippen LogP contribution in [0.2, 0.25) is 0 Å². The molecule has 0 heterocycles. The van der Waals surface area contributed by atoms with Gasteiger partial charge in [-0.25, -0.2) is 0 Å². The van der Waals surface area contributed by atoms with E-state index in [9.17, 15) is 0 Å². The molecule has 0 aromatic rings. The molecule has 0 aromatic carbocycles. The van der Waals surface area contributed by atoms with Crippen molar-refractivity contribution in [2.45, 2.75) is 18.7 Å². The fraction of sp³-hybridized carbons (Fsp3) is 0.714. The van der Waals surface area contributed by atoms with Crippen LogP contribution in [0.15, 0.2) is 12.2 Å². The number of hydrogen-bond acceptors (Lipinski definition) is 0. The quantitative estimate of drug-likeness (QED) is 0.424. The summed E-state index contributed by atoms with van der Waals surface area (Å²) in [6.07, 6.45) is 4.40. The molecule has 1 saturated carbocycles. The van der Waals surface area contributed by atoms with Crippen molar-refractivity contribution in [2.75, 3.05) is 0 Å². The summed E-state index contributed by atoms with van der Waals surface area (Å²) in [5.41, 5.74) is 0. The molecule has 1 rings (SSSR count). The molecule has 0 bridgehead atoms. The molecular weight excluding hydrogens is 164 g/mol. The highest BCUT2D eigenvalue weighted by molar-refractivity contribution is 9.09. The number of rotatable bonds is 1. The normalized spacial score (nSPS) is 45.6. The van der Waals surface area contributed by atoms with Gasteiger partial charge >= 0.3 is 0 Å². The summed E-state index contributed by atoms with van der Waals surface area (Å²) >= 11 is 3.56. The van der Waals surface area contributed by atoms with Crippen molar-refractivity contribution < 1.29 is 0 Å². The molecule has 1 aliphatic carbocycles. The van der Waals surface area contributed by atoms with Crippen molar-refractivity contribution in [3.05, 3.63) is 12.2 Å². The second-order valence-corrected chi connectivity index (χ2v) is 3.46. The standard InChI is InChI=1S/C7H11Br/c1-3-4-6-5(2)7(6)8/h3-7H,1-2H3/b4-3+/t5-,6-,7?/m1/s1. The van der Waals surface area contributed by atoms with Gasteiger partial charge in [-0.05, 0) is 18.8 Å². The maximum Gasteiger partial charge on any atom is 0.0243 e. The Labute approximate surface area is 59.1 Å². The molecule has 0 spiro atoms. The summed E-state index contributed by atoms with van der Waals surface area (Å²) in [6.45, 7) is 4.34. The van der Waals surface area contributed by atoms with E-state index in [1.807, 2.05) is 0 Å². The second kappa shape index (κ2) is 2.22. The first-order chi connectivity index (χ1) is 3.77. The molecule has 0 nitrogen and oxygen atoms in total. The van der Waals surface area contributed by atoms with E-state index < -0.39 is 0 Å². The molecule has 0 aromatic heterocycles. The summed E-state index contributed by atoms with van der Waals surface area (Å²) in [4.78, 5) is 0.763. The molecule has 1 aliphatic rings. The Bertz CT molecular complexity index is 99.0. The van der Waals surface area contributed by atoms with Crippen molar-refractivity contribution in [1.82, 2.24) is 0 Å². The maximum absolute atomic E-state index is 3.56. The first kappa shape index (κ1) is 6.34. The number of halogens is 1. The first-order valence-electron chi connectivity index (χ1n) is 3.04. The van der Waals surface area contributed by atoms with Gasteiger partial charge in [0.1, 0.15) is 0 Å². The zero-order valence-corrected chi connectivity index (χ0v) is 6.85. The lowest BCUT2D eigenvalue weighted by atomic mass is 10.3. The van der Waals surface area contributed by atoms with E-state index in [-0.39, 0.29) is 0 Å². The van der Waals surface area contributed by atoms with Gasteiger partial charge in [0.05, 0.1) is 0 Å². The van der Waals surface area contributed by atoms with E-state index in [1.165, 1.54) is 0 Å². The molecule has 1 unspecified atom stereocenters. The highest BCUT2D eigenvalue weighted by atomic mass is 79.9. The number of alkyl halides is 1. The molecule has 0 amide bonds. The average molecular weight is 175 g/mol. The van der Waals surface area contributed by atoms with Crippen LogP contribution in [0.5, 0.6) is 0 Å². The van der Waals surface area contributed by atoms with Crippen molar-refractivity contribution in [3.8, 4) is 0 Å². The zero-order valence-electron chi connectivity index (χ0n) is 5.26. The molecule has 46 valence electrons. The Morgan fingerprint density at radius 2 is 2.00 bits per heavy atom. The van der Waals surface area contributed by atoms with Crippen LogP contribution in [0, 0.1) is 11.8 Å². The minimum Gasteiger partial charge on any atom is -0.0913 e. The van der Waals surface area contributed by atoms with Crippen LogP contribution in [0.1, 0.15) is 13.8 Å². The SMILES string of the molecule is C/C=C/[C@H]1C(Br)[C@@H]1C. The number of hydrogen-bond donors (Lipinski definition) is 0. The minimum absolute atomic E-state index is 0.763. The summed E-state index contributed by atoms with van der Waals surface area (Å²) in [5.74, 6) is 1.69. The second-order valence-electron chi connectivity index (χ2n) is 2.41. The molecule has 0 aliphatic heterocycles. The molecule has 3 atom stereocenters. The fourth-order valence-corrected chi connectivity index (χ4v) is 1.78. The molecule has 0 saturated heterocycles. The van der Waals surface area contributed by atoms with Crippen LogP contribution >= 0.6 is 15.9 Å². The van der Waals surface area contributed by atoms with Gasteiger partial charge < -0.3 is 0 Å². The third-order valence-corrected chi connectivity index (χ3v) is 3.20. The van der Waals surface area contributed by atoms with Gasteiger partial charge in [-0.15, -0.1) is 0 Å². The Kier molecular flexibility index (Phi) is 1.76. The van der Waals surface area contributed by atoms with E-state index in [0.29, 0.717) is 0 Å². The average Bonchev–Trinajstić information content (AvgIpc) is 2.25. The molecule has 0 N–H and O–H groups in total. The monoisotopic (exact) mass is 174 g/mol. The predicted molar refractivity (Wildman–Crippen MR) is 40.2 cm³/mol. The fourth-order valence-electron chi connectivity index (χ4n) is 0.947. The topological polar surface area (TPSA) is 0 Å². The van der Waals surface area contributed by atoms with E-state index >= 15 is 0 Å². The Balaban J connectivity index is 2.33. The maximum atomic E-state index is 3.56. The summed E-state index contributed by atoms with van der Waals surface area (Å²) in [7, 11) is 0. The molecule has 0 radical (unpaired) electrons. The highest BCUT2D eigenvalue weighted by Crippen LogP contribution is 2.45. The van der Waals surface area contributed by atoms with Gasteiger partial charge in [0, 0.05) is 4.83 Å². The van der Waals surface area contributed by atoms with Gasteiger partial charge in [-0.1, -0.05) is 35.0 Å². The lowest BCUT2D eigenvalue weighted by Gasteiger charge is -1.76. The first-order valence-corrected chi connectivity index (χ1v) is 3.96. The highest BCUT2D eigenvalue weighted by Gasteiger charge is 2.42. The zero-order chi connectivity index (χ0) is 6.15. The van der Waals surface area contributed by atoms with E-state index in [0.717, 1.165) is 16.7 Å². The minimum atomic E-state index is 0.763. The molecule has 1 fully saturated rings. The summed E-state index contributed by atoms with van der Waals surface area (Å²) in [6, 6.07) is 0. The Hall–Kier alpha value is 0.220. The third kappa shape index (κ3) is 0.970. The number of allylic oxidation sites excluding steroid dienone is 2. The Morgan fingerprint density at radius 3 is 2.12 bits per heavy atom. The van der Waals surface area contributed by atoms with Crippen molar-refractivity contribution in [1.29, 1.82) is 0 Å². The van der Waals surface area contributed by atoms with Crippen molar-refractivity contribution in [3.63, 3.8) is 0 Å². The van der Waals surface area contributed by atoms with Gasteiger partial charge in [-0.2, -0.15) is 0 Å². The predicted octanol–water partition coefficient (Wildman–Crippen LogP) is 2.59. The van der Waals surface area contributed by atoms with Crippen LogP contribution in [-0.2, 0) is 0 Å². The van der Waals surface area contributed by atoms with Gasteiger partial charge in [0.2, 0.25) is 0 Å². The van der Waals surface area contributed by atoms with Gasteiger partial charge in [-0.3, -0.25) is 0 Å². The van der Waals surface area contributed by atoms with Crippen molar-refractivity contribution >= 4 is 15.9 Å². The largest absolute Gasteiger partial charge is 0.0913 e. The third-order valence-electron chi connectivity index (χ3n) is 1.75. The van der Waals surface area contributed by atoms with E-state index in [4.69, 9.17) is 0 Å². The molecule has 8 heavy (non-hydrogen) atoms. The van der Waals surface area contributed by atoms with Crippen molar-refractivity contribution in [2.24, 2.45) is 11.8 Å². The molecule has 1 heteroatoms. The van der Waals surface area contributed by atoms with Crippen LogP contribution in [0.4, 0.5) is 0 Å². The van der Waals surface area contributed by atoms with E-state index in [2.05, 4.69) is 41.9 Å². The van der Waals surface area contributed by atoms with Gasteiger partial charge in [0.25, 0.3) is 0 Å². The smallest absolute Gasteiger partial charge is 0.0243 e. The van der Waals surface area contributed by atoms with E-state index in [1.54, 1.807) is 0 Å². The van der Waals surface area contributed by atoms with Crippen LogP contribution in [-0.4, -0.2) is 4.83 Å². The summed E-state index contributed by atoms with van der Waals surface area (Å²) < 4.78 is 0. The Morgan fingerprint density at radius 1 is 1.50 bits per heavy atom. The summed E-state index contributed by atoms with van der Waals surface area (Å²) in [5, 5.41) is 0. The lowest BCUT2D eigenvalue weighted by molar-refractivity contribution is 0.899. The van der Waals surface area contributed by atoms with Crippen LogP contribution in [0.3, 0.4) is 0 Å². The van der Waals surface area contributed by atoms with Crippen LogP contribution < -0.4 is 0 Å². The van der Waals surface area contributed by atoms with Crippen LogP contribution in [0.25, 0.3) is 0 Å². The molecular formula is C7H11Br.